The second-order valence-corrected chi connectivity index (χ2v) is 7.68. The molecule has 1 aromatic heterocycles. The minimum atomic E-state index is -0.126. The molecular formula is C21H25N5O2. The van der Waals surface area contributed by atoms with E-state index in [1.54, 1.807) is 6.20 Å². The smallest absolute Gasteiger partial charge is 0.257 e. The standard InChI is InChI=1S/C21H25N5O2/c27-21-16-7-1-2-8-18(16)24-20(26(21)13-15-6-4-10-28-15)17-12-23-25-19(17)14-5-3-9-22-11-14/h1-3,5,7-9,11,15,17,19-20,23-25H,4,6,10,12-13H2. The van der Waals surface area contributed by atoms with Gasteiger partial charge in [-0.1, -0.05) is 18.2 Å². The molecule has 7 nitrogen and oxygen atoms in total. The molecule has 3 aliphatic heterocycles. The van der Waals surface area contributed by atoms with Gasteiger partial charge in [-0.3, -0.25) is 15.2 Å². The van der Waals surface area contributed by atoms with Crippen LogP contribution in [0.2, 0.25) is 0 Å². The Hall–Kier alpha value is -2.48. The average Bonchev–Trinajstić information content (AvgIpc) is 3.43. The predicted octanol–water partition coefficient (Wildman–Crippen LogP) is 1.92. The molecule has 1 aromatic carbocycles. The number of nitrogens with zero attached hydrogens (tertiary/aromatic N) is 2. The van der Waals surface area contributed by atoms with E-state index in [4.69, 9.17) is 4.74 Å². The Labute approximate surface area is 164 Å². The molecule has 0 saturated carbocycles. The maximum absolute atomic E-state index is 13.4. The van der Waals surface area contributed by atoms with E-state index >= 15 is 0 Å². The fraction of sp³-hybridized carbons (Fsp3) is 0.429. The van der Waals surface area contributed by atoms with Gasteiger partial charge in [0.1, 0.15) is 6.17 Å². The zero-order chi connectivity index (χ0) is 18.9. The summed E-state index contributed by atoms with van der Waals surface area (Å²) >= 11 is 0. The first-order valence-corrected chi connectivity index (χ1v) is 9.98. The second kappa shape index (κ2) is 7.50. The van der Waals surface area contributed by atoms with Crippen molar-refractivity contribution < 1.29 is 9.53 Å². The molecule has 3 N–H and O–H groups in total. The van der Waals surface area contributed by atoms with Gasteiger partial charge < -0.3 is 15.0 Å². The molecule has 4 unspecified atom stereocenters. The van der Waals surface area contributed by atoms with Crippen molar-refractivity contribution in [2.75, 3.05) is 25.0 Å². The highest BCUT2D eigenvalue weighted by atomic mass is 16.5. The van der Waals surface area contributed by atoms with Crippen LogP contribution in [0.15, 0.2) is 48.8 Å². The van der Waals surface area contributed by atoms with E-state index in [2.05, 4.69) is 27.2 Å². The van der Waals surface area contributed by atoms with Crippen LogP contribution in [-0.4, -0.2) is 47.8 Å². The maximum Gasteiger partial charge on any atom is 0.257 e. The first-order valence-electron chi connectivity index (χ1n) is 9.98. The van der Waals surface area contributed by atoms with Gasteiger partial charge in [0.15, 0.2) is 0 Å². The number of carbonyl (C=O) groups is 1. The Kier molecular flexibility index (Phi) is 4.72. The van der Waals surface area contributed by atoms with Gasteiger partial charge in [-0.2, -0.15) is 0 Å². The van der Waals surface area contributed by atoms with E-state index in [9.17, 15) is 4.79 Å². The number of amides is 1. The van der Waals surface area contributed by atoms with Crippen LogP contribution in [0.4, 0.5) is 5.69 Å². The van der Waals surface area contributed by atoms with Crippen LogP contribution in [0.25, 0.3) is 0 Å². The van der Waals surface area contributed by atoms with Crippen molar-refractivity contribution in [1.29, 1.82) is 0 Å². The number of carbonyl (C=O) groups excluding carboxylic acids is 1. The number of fused-ring (bicyclic) bond motifs is 1. The molecule has 3 aliphatic rings. The molecule has 146 valence electrons. The highest BCUT2D eigenvalue weighted by Gasteiger charge is 2.43. The van der Waals surface area contributed by atoms with E-state index in [0.29, 0.717) is 6.54 Å². The topological polar surface area (TPSA) is 78.5 Å². The van der Waals surface area contributed by atoms with Crippen molar-refractivity contribution in [3.63, 3.8) is 0 Å². The molecule has 2 fully saturated rings. The van der Waals surface area contributed by atoms with Crippen LogP contribution in [-0.2, 0) is 4.74 Å². The van der Waals surface area contributed by atoms with E-state index in [1.807, 2.05) is 41.4 Å². The summed E-state index contributed by atoms with van der Waals surface area (Å²) in [6, 6.07) is 11.9. The van der Waals surface area contributed by atoms with Crippen molar-refractivity contribution in [2.24, 2.45) is 5.92 Å². The molecule has 0 spiro atoms. The number of aromatic nitrogens is 1. The van der Waals surface area contributed by atoms with Crippen LogP contribution in [0.5, 0.6) is 0 Å². The molecule has 1 amide bonds. The number of hydrogen-bond acceptors (Lipinski definition) is 6. The third-order valence-electron chi connectivity index (χ3n) is 5.95. The number of rotatable bonds is 4. The zero-order valence-corrected chi connectivity index (χ0v) is 15.7. The molecule has 0 radical (unpaired) electrons. The number of para-hydroxylation sites is 1. The molecule has 7 heteroatoms. The fourth-order valence-corrected chi connectivity index (χ4v) is 4.55. The van der Waals surface area contributed by atoms with Crippen LogP contribution in [0.1, 0.15) is 34.8 Å². The van der Waals surface area contributed by atoms with E-state index < -0.39 is 0 Å². The fourth-order valence-electron chi connectivity index (χ4n) is 4.55. The Balaban J connectivity index is 1.48. The highest BCUT2D eigenvalue weighted by molar-refractivity contribution is 6.01. The third-order valence-corrected chi connectivity index (χ3v) is 5.95. The van der Waals surface area contributed by atoms with Crippen molar-refractivity contribution in [2.45, 2.75) is 31.2 Å². The normalized spacial score (nSPS) is 29.6. The summed E-state index contributed by atoms with van der Waals surface area (Å²) in [5.41, 5.74) is 9.40. The lowest BCUT2D eigenvalue weighted by molar-refractivity contribution is 0.0349. The lowest BCUT2D eigenvalue weighted by Gasteiger charge is -2.43. The minimum absolute atomic E-state index is 0.0660. The lowest BCUT2D eigenvalue weighted by Crippen LogP contribution is -2.56. The summed E-state index contributed by atoms with van der Waals surface area (Å²) in [4.78, 5) is 19.6. The summed E-state index contributed by atoms with van der Waals surface area (Å²) in [5.74, 6) is 0.231. The van der Waals surface area contributed by atoms with Gasteiger partial charge in [-0.25, -0.2) is 5.43 Å². The molecule has 5 rings (SSSR count). The van der Waals surface area contributed by atoms with Gasteiger partial charge >= 0.3 is 0 Å². The van der Waals surface area contributed by atoms with Gasteiger partial charge in [0, 0.05) is 43.7 Å². The third kappa shape index (κ3) is 3.15. The van der Waals surface area contributed by atoms with Crippen molar-refractivity contribution >= 4 is 11.6 Å². The Bertz CT molecular complexity index is 840. The molecule has 2 aromatic rings. The SMILES string of the molecule is O=C1c2ccccc2NC(C2CNNC2c2cccnc2)N1CC1CCCO1. The van der Waals surface area contributed by atoms with Crippen LogP contribution in [0, 0.1) is 5.92 Å². The molecule has 2 saturated heterocycles. The Morgan fingerprint density at radius 2 is 2.14 bits per heavy atom. The van der Waals surface area contributed by atoms with Crippen molar-refractivity contribution in [3.8, 4) is 0 Å². The summed E-state index contributed by atoms with van der Waals surface area (Å²) in [5, 5.41) is 3.64. The molecule has 4 heterocycles. The highest BCUT2D eigenvalue weighted by Crippen LogP contribution is 2.35. The first-order chi connectivity index (χ1) is 13.8. The lowest BCUT2D eigenvalue weighted by atomic mass is 9.90. The van der Waals surface area contributed by atoms with Gasteiger partial charge in [-0.15, -0.1) is 0 Å². The van der Waals surface area contributed by atoms with Gasteiger partial charge in [-0.05, 0) is 36.6 Å². The number of hydrazine groups is 1. The Morgan fingerprint density at radius 3 is 2.96 bits per heavy atom. The molecular weight excluding hydrogens is 354 g/mol. The van der Waals surface area contributed by atoms with Crippen molar-refractivity contribution in [1.82, 2.24) is 20.7 Å². The predicted molar refractivity (Wildman–Crippen MR) is 105 cm³/mol. The molecule has 0 bridgehead atoms. The quantitative estimate of drug-likeness (QED) is 0.753. The number of hydrogen-bond donors (Lipinski definition) is 3. The number of nitrogens with one attached hydrogen (secondary N) is 3. The molecule has 28 heavy (non-hydrogen) atoms. The first kappa shape index (κ1) is 17.6. The molecule has 4 atom stereocenters. The van der Waals surface area contributed by atoms with Gasteiger partial charge in [0.2, 0.25) is 0 Å². The van der Waals surface area contributed by atoms with Crippen LogP contribution >= 0.6 is 0 Å². The van der Waals surface area contributed by atoms with Crippen LogP contribution < -0.4 is 16.2 Å². The summed E-state index contributed by atoms with van der Waals surface area (Å²) in [6.07, 6.45) is 5.72. The average molecular weight is 379 g/mol. The number of benzene rings is 1. The largest absolute Gasteiger partial charge is 0.376 e. The summed E-state index contributed by atoms with van der Waals surface area (Å²) in [7, 11) is 0. The van der Waals surface area contributed by atoms with Gasteiger partial charge in [0.25, 0.3) is 5.91 Å². The van der Waals surface area contributed by atoms with E-state index in [-0.39, 0.29) is 30.1 Å². The Morgan fingerprint density at radius 1 is 1.21 bits per heavy atom. The number of ether oxygens (including phenoxy) is 1. The second-order valence-electron chi connectivity index (χ2n) is 7.68. The monoisotopic (exact) mass is 379 g/mol. The number of pyridine rings is 1. The van der Waals surface area contributed by atoms with Crippen molar-refractivity contribution in [3.05, 3.63) is 59.9 Å². The van der Waals surface area contributed by atoms with E-state index in [0.717, 1.165) is 42.8 Å². The van der Waals surface area contributed by atoms with Crippen LogP contribution in [0.3, 0.4) is 0 Å². The van der Waals surface area contributed by atoms with E-state index in [1.165, 1.54) is 0 Å². The zero-order valence-electron chi connectivity index (χ0n) is 15.7. The number of anilines is 1. The maximum atomic E-state index is 13.4. The molecule has 0 aliphatic carbocycles. The van der Waals surface area contributed by atoms with Gasteiger partial charge in [0.05, 0.1) is 17.7 Å². The summed E-state index contributed by atoms with van der Waals surface area (Å²) < 4.78 is 5.85. The minimum Gasteiger partial charge on any atom is -0.376 e. The summed E-state index contributed by atoms with van der Waals surface area (Å²) in [6.45, 7) is 2.15.